The molecular weight excluding hydrogens is 274 g/mol. The third-order valence-electron chi connectivity index (χ3n) is 4.51. The van der Waals surface area contributed by atoms with Crippen LogP contribution in [0.25, 0.3) is 0 Å². The van der Waals surface area contributed by atoms with Crippen molar-refractivity contribution >= 4 is 5.91 Å². The zero-order valence-electron chi connectivity index (χ0n) is 12.5. The summed E-state index contributed by atoms with van der Waals surface area (Å²) in [4.78, 5) is 16.5. The first-order valence-electron chi connectivity index (χ1n) is 8.01. The van der Waals surface area contributed by atoms with Gasteiger partial charge in [0.1, 0.15) is 0 Å². The Morgan fingerprint density at radius 2 is 2.05 bits per heavy atom. The van der Waals surface area contributed by atoms with E-state index in [-0.39, 0.29) is 23.9 Å². The smallest absolute Gasteiger partial charge is 0.237 e. The SMILES string of the molecule is O=C(NCCCCCCON(O)O)C1C[C@@H]2CCC[C@@H]2N1. The van der Waals surface area contributed by atoms with E-state index in [0.717, 1.165) is 32.1 Å². The van der Waals surface area contributed by atoms with Crippen LogP contribution in [-0.2, 0) is 9.63 Å². The molecule has 0 aromatic carbocycles. The van der Waals surface area contributed by atoms with E-state index in [1.165, 1.54) is 19.3 Å². The topological polar surface area (TPSA) is 94.1 Å². The van der Waals surface area contributed by atoms with Gasteiger partial charge in [-0.1, -0.05) is 19.3 Å². The van der Waals surface area contributed by atoms with E-state index in [4.69, 9.17) is 10.4 Å². The third kappa shape index (κ3) is 5.52. The molecule has 1 aliphatic carbocycles. The summed E-state index contributed by atoms with van der Waals surface area (Å²) >= 11 is 0. The number of hydrogen-bond donors (Lipinski definition) is 4. The lowest BCUT2D eigenvalue weighted by molar-refractivity contribution is -0.492. The summed E-state index contributed by atoms with van der Waals surface area (Å²) in [7, 11) is 0. The molecule has 0 radical (unpaired) electrons. The maximum absolute atomic E-state index is 12.0. The minimum atomic E-state index is -0.260. The fourth-order valence-electron chi connectivity index (χ4n) is 3.41. The minimum absolute atomic E-state index is 0.00814. The molecule has 2 fully saturated rings. The molecular formula is C14H27N3O4. The monoisotopic (exact) mass is 301 g/mol. The summed E-state index contributed by atoms with van der Waals surface area (Å²) in [5.74, 6) is 0.849. The first-order chi connectivity index (χ1) is 10.2. The molecule has 1 aliphatic heterocycles. The largest absolute Gasteiger partial charge is 0.355 e. The van der Waals surface area contributed by atoms with E-state index in [0.29, 0.717) is 18.5 Å². The summed E-state index contributed by atoms with van der Waals surface area (Å²) in [6.07, 6.45) is 8.40. The van der Waals surface area contributed by atoms with E-state index in [9.17, 15) is 4.79 Å². The Hall–Kier alpha value is -0.730. The van der Waals surface area contributed by atoms with E-state index in [1.807, 2.05) is 0 Å². The molecule has 2 aliphatic rings. The highest BCUT2D eigenvalue weighted by atomic mass is 17.1. The number of nitrogens with zero attached hydrogens (tertiary/aromatic N) is 1. The molecule has 122 valence electrons. The van der Waals surface area contributed by atoms with E-state index in [2.05, 4.69) is 15.5 Å². The van der Waals surface area contributed by atoms with Crippen LogP contribution in [0.15, 0.2) is 0 Å². The number of rotatable bonds is 9. The molecule has 1 saturated carbocycles. The third-order valence-corrected chi connectivity index (χ3v) is 4.51. The van der Waals surface area contributed by atoms with Crippen LogP contribution in [0.1, 0.15) is 51.4 Å². The number of amides is 1. The van der Waals surface area contributed by atoms with Gasteiger partial charge in [0.15, 0.2) is 0 Å². The van der Waals surface area contributed by atoms with Crippen molar-refractivity contribution in [3.8, 4) is 0 Å². The van der Waals surface area contributed by atoms with Crippen molar-refractivity contribution in [2.75, 3.05) is 13.2 Å². The Balaban J connectivity index is 1.45. The number of nitrogens with one attached hydrogen (secondary N) is 2. The number of fused-ring (bicyclic) bond motifs is 1. The molecule has 2 rings (SSSR count). The van der Waals surface area contributed by atoms with Crippen molar-refractivity contribution in [3.05, 3.63) is 0 Å². The van der Waals surface area contributed by atoms with Gasteiger partial charge in [0, 0.05) is 12.6 Å². The number of carbonyl (C=O) groups is 1. The lowest BCUT2D eigenvalue weighted by atomic mass is 10.0. The highest BCUT2D eigenvalue weighted by molar-refractivity contribution is 5.82. The molecule has 21 heavy (non-hydrogen) atoms. The minimum Gasteiger partial charge on any atom is -0.355 e. The quantitative estimate of drug-likeness (QED) is 0.378. The van der Waals surface area contributed by atoms with Crippen molar-refractivity contribution < 1.29 is 20.0 Å². The van der Waals surface area contributed by atoms with Crippen LogP contribution in [0.5, 0.6) is 0 Å². The van der Waals surface area contributed by atoms with E-state index >= 15 is 0 Å². The van der Waals surface area contributed by atoms with Crippen LogP contribution in [0.3, 0.4) is 0 Å². The number of carbonyl (C=O) groups excluding carboxylic acids is 1. The highest BCUT2D eigenvalue weighted by Crippen LogP contribution is 2.34. The van der Waals surface area contributed by atoms with Crippen molar-refractivity contribution in [3.63, 3.8) is 0 Å². The van der Waals surface area contributed by atoms with Crippen LogP contribution in [0.2, 0.25) is 0 Å². The molecule has 1 unspecified atom stereocenters. The van der Waals surface area contributed by atoms with Gasteiger partial charge in [-0.25, -0.2) is 0 Å². The maximum Gasteiger partial charge on any atom is 0.237 e. The summed E-state index contributed by atoms with van der Waals surface area (Å²) in [6.45, 7) is 0.994. The molecule has 3 atom stereocenters. The molecule has 1 amide bonds. The van der Waals surface area contributed by atoms with Crippen LogP contribution in [-0.4, -0.2) is 46.9 Å². The van der Waals surface area contributed by atoms with Crippen LogP contribution < -0.4 is 10.6 Å². The Bertz CT molecular complexity index is 315. The predicted octanol–water partition coefficient (Wildman–Crippen LogP) is 1.21. The Morgan fingerprint density at radius 3 is 2.81 bits per heavy atom. The molecule has 1 saturated heterocycles. The van der Waals surface area contributed by atoms with Crippen molar-refractivity contribution in [2.45, 2.75) is 63.5 Å². The second-order valence-corrected chi connectivity index (χ2v) is 6.04. The molecule has 1 heterocycles. The number of unbranched alkanes of at least 4 members (excludes halogenated alkanes) is 3. The van der Waals surface area contributed by atoms with Crippen molar-refractivity contribution in [1.29, 1.82) is 0 Å². The van der Waals surface area contributed by atoms with Gasteiger partial charge in [0.2, 0.25) is 5.91 Å². The normalized spacial score (nSPS) is 28.0. The summed E-state index contributed by atoms with van der Waals surface area (Å²) in [5.41, 5.74) is 0. The van der Waals surface area contributed by atoms with E-state index in [1.54, 1.807) is 0 Å². The van der Waals surface area contributed by atoms with Gasteiger partial charge in [-0.05, 0) is 38.0 Å². The molecule has 4 N–H and O–H groups in total. The standard InChI is InChI=1S/C14H27N3O4/c18-14(13-10-11-6-5-7-12(11)16-13)15-8-3-1-2-4-9-21-17(19)20/h11-13,16,19-20H,1-10H2,(H,15,18)/t11-,12-,13?/m0/s1. The summed E-state index contributed by atoms with van der Waals surface area (Å²) in [5, 5.41) is 22.9. The van der Waals surface area contributed by atoms with Crippen LogP contribution >= 0.6 is 0 Å². The summed E-state index contributed by atoms with van der Waals surface area (Å²) < 4.78 is 0. The molecule has 0 spiro atoms. The zero-order valence-corrected chi connectivity index (χ0v) is 12.5. The highest BCUT2D eigenvalue weighted by Gasteiger charge is 2.39. The average molecular weight is 301 g/mol. The van der Waals surface area contributed by atoms with Gasteiger partial charge < -0.3 is 10.6 Å². The van der Waals surface area contributed by atoms with E-state index < -0.39 is 0 Å². The van der Waals surface area contributed by atoms with Crippen LogP contribution in [0.4, 0.5) is 0 Å². The number of hydrogen-bond acceptors (Lipinski definition) is 6. The molecule has 0 aromatic heterocycles. The Kier molecular flexibility index (Phi) is 6.85. The molecule has 0 aromatic rings. The van der Waals surface area contributed by atoms with Gasteiger partial charge >= 0.3 is 0 Å². The Morgan fingerprint density at radius 1 is 1.24 bits per heavy atom. The lowest BCUT2D eigenvalue weighted by Gasteiger charge is -2.13. The predicted molar refractivity (Wildman–Crippen MR) is 75.5 cm³/mol. The Labute approximate surface area is 125 Å². The fourth-order valence-corrected chi connectivity index (χ4v) is 3.41. The van der Waals surface area contributed by atoms with Crippen molar-refractivity contribution in [2.24, 2.45) is 5.92 Å². The first kappa shape index (κ1) is 16.6. The van der Waals surface area contributed by atoms with Gasteiger partial charge in [0.25, 0.3) is 0 Å². The zero-order chi connectivity index (χ0) is 15.1. The molecule has 0 bridgehead atoms. The maximum atomic E-state index is 12.0. The second kappa shape index (κ2) is 8.65. The van der Waals surface area contributed by atoms with Gasteiger partial charge in [-0.2, -0.15) is 0 Å². The first-order valence-corrected chi connectivity index (χ1v) is 8.01. The lowest BCUT2D eigenvalue weighted by Crippen LogP contribution is -2.42. The molecule has 7 heteroatoms. The van der Waals surface area contributed by atoms with Gasteiger partial charge in [0.05, 0.1) is 18.0 Å². The van der Waals surface area contributed by atoms with Crippen LogP contribution in [0, 0.1) is 5.92 Å². The average Bonchev–Trinajstić information content (AvgIpc) is 3.02. The van der Waals surface area contributed by atoms with Gasteiger partial charge in [-0.3, -0.25) is 20.0 Å². The fraction of sp³-hybridized carbons (Fsp3) is 0.929. The molecule has 7 nitrogen and oxygen atoms in total. The summed E-state index contributed by atoms with van der Waals surface area (Å²) in [6, 6.07) is 0.576. The second-order valence-electron chi connectivity index (χ2n) is 6.04. The van der Waals surface area contributed by atoms with Gasteiger partial charge in [-0.15, -0.1) is 0 Å². The van der Waals surface area contributed by atoms with Crippen molar-refractivity contribution in [1.82, 2.24) is 16.0 Å².